The number of carbonyl (C=O) groups is 2. The average Bonchev–Trinajstić information content (AvgIpc) is 2.34. The second-order valence-corrected chi connectivity index (χ2v) is 5.20. The first-order chi connectivity index (χ1) is 9.34. The number of aromatic nitrogens is 2. The molecule has 0 aromatic carbocycles. The van der Waals surface area contributed by atoms with E-state index >= 15 is 0 Å². The van der Waals surface area contributed by atoms with E-state index in [-0.39, 0.29) is 18.0 Å². The molecule has 7 nitrogen and oxygen atoms in total. The van der Waals surface area contributed by atoms with Crippen molar-refractivity contribution in [1.82, 2.24) is 15.3 Å². The van der Waals surface area contributed by atoms with Crippen molar-refractivity contribution < 1.29 is 9.59 Å². The molecule has 0 bridgehead atoms. The van der Waals surface area contributed by atoms with Gasteiger partial charge >= 0.3 is 0 Å². The summed E-state index contributed by atoms with van der Waals surface area (Å²) in [6.45, 7) is 6.24. The SMILES string of the molecule is CCCNc1cncc(C(=O)NC(C)(C)CC(N)=O)n1. The molecule has 0 unspecified atom stereocenters. The molecule has 1 heterocycles. The summed E-state index contributed by atoms with van der Waals surface area (Å²) in [4.78, 5) is 31.2. The predicted octanol–water partition coefficient (Wildman–Crippen LogP) is 0.682. The highest BCUT2D eigenvalue weighted by Gasteiger charge is 2.24. The van der Waals surface area contributed by atoms with Crippen LogP contribution >= 0.6 is 0 Å². The molecule has 1 aromatic heterocycles. The number of anilines is 1. The third-order valence-corrected chi connectivity index (χ3v) is 2.49. The highest BCUT2D eigenvalue weighted by molar-refractivity contribution is 5.93. The van der Waals surface area contributed by atoms with Crippen LogP contribution in [0.25, 0.3) is 0 Å². The van der Waals surface area contributed by atoms with Gasteiger partial charge in [-0.3, -0.25) is 14.6 Å². The van der Waals surface area contributed by atoms with E-state index in [0.29, 0.717) is 5.82 Å². The fraction of sp³-hybridized carbons (Fsp3) is 0.538. The van der Waals surface area contributed by atoms with Crippen LogP contribution in [0, 0.1) is 0 Å². The maximum absolute atomic E-state index is 12.1. The lowest BCUT2D eigenvalue weighted by Gasteiger charge is -2.24. The molecule has 0 aliphatic heterocycles. The first-order valence-electron chi connectivity index (χ1n) is 6.51. The second-order valence-electron chi connectivity index (χ2n) is 5.20. The highest BCUT2D eigenvalue weighted by atomic mass is 16.2. The first-order valence-corrected chi connectivity index (χ1v) is 6.51. The number of nitrogens with zero attached hydrogens (tertiary/aromatic N) is 2. The molecule has 0 aliphatic rings. The zero-order valence-electron chi connectivity index (χ0n) is 12.1. The number of hydrogen-bond acceptors (Lipinski definition) is 5. The van der Waals surface area contributed by atoms with E-state index in [1.165, 1.54) is 6.20 Å². The molecule has 0 spiro atoms. The molecular weight excluding hydrogens is 258 g/mol. The van der Waals surface area contributed by atoms with Gasteiger partial charge in [-0.2, -0.15) is 0 Å². The van der Waals surface area contributed by atoms with Crippen molar-refractivity contribution in [2.45, 2.75) is 39.2 Å². The third kappa shape index (κ3) is 5.21. The maximum atomic E-state index is 12.1. The fourth-order valence-electron chi connectivity index (χ4n) is 1.66. The topological polar surface area (TPSA) is 110 Å². The normalized spacial score (nSPS) is 10.9. The van der Waals surface area contributed by atoms with E-state index in [2.05, 4.69) is 20.6 Å². The van der Waals surface area contributed by atoms with Crippen LogP contribution in [0.15, 0.2) is 12.4 Å². The Balaban J connectivity index is 2.74. The van der Waals surface area contributed by atoms with Gasteiger partial charge in [-0.25, -0.2) is 4.98 Å². The van der Waals surface area contributed by atoms with Gasteiger partial charge in [0.1, 0.15) is 11.5 Å². The van der Waals surface area contributed by atoms with E-state index < -0.39 is 11.4 Å². The summed E-state index contributed by atoms with van der Waals surface area (Å²) in [6.07, 6.45) is 3.94. The summed E-state index contributed by atoms with van der Waals surface area (Å²) in [5.41, 5.74) is 4.62. The minimum Gasteiger partial charge on any atom is -0.370 e. The van der Waals surface area contributed by atoms with Crippen LogP contribution in [0.4, 0.5) is 5.82 Å². The molecule has 0 saturated carbocycles. The molecule has 0 fully saturated rings. The maximum Gasteiger partial charge on any atom is 0.271 e. The second kappa shape index (κ2) is 6.83. The quantitative estimate of drug-likeness (QED) is 0.680. The van der Waals surface area contributed by atoms with Gasteiger partial charge in [0, 0.05) is 18.5 Å². The summed E-state index contributed by atoms with van der Waals surface area (Å²) in [5.74, 6) is -0.309. The van der Waals surface area contributed by atoms with Gasteiger partial charge in [0.25, 0.3) is 5.91 Å². The van der Waals surface area contributed by atoms with Crippen LogP contribution in [0.1, 0.15) is 44.1 Å². The zero-order chi connectivity index (χ0) is 15.2. The van der Waals surface area contributed by atoms with E-state index in [4.69, 9.17) is 5.73 Å². The number of nitrogens with two attached hydrogens (primary N) is 1. The summed E-state index contributed by atoms with van der Waals surface area (Å²) in [5, 5.41) is 5.77. The van der Waals surface area contributed by atoms with Crippen molar-refractivity contribution in [2.75, 3.05) is 11.9 Å². The smallest absolute Gasteiger partial charge is 0.271 e. The molecule has 0 saturated heterocycles. The lowest BCUT2D eigenvalue weighted by Crippen LogP contribution is -2.46. The Morgan fingerprint density at radius 3 is 2.65 bits per heavy atom. The van der Waals surface area contributed by atoms with E-state index in [9.17, 15) is 9.59 Å². The average molecular weight is 279 g/mol. The van der Waals surface area contributed by atoms with Gasteiger partial charge in [0.15, 0.2) is 0 Å². The Labute approximate surface area is 118 Å². The van der Waals surface area contributed by atoms with E-state index in [1.54, 1.807) is 20.0 Å². The van der Waals surface area contributed by atoms with Crippen molar-refractivity contribution in [3.8, 4) is 0 Å². The lowest BCUT2D eigenvalue weighted by atomic mass is 10.0. The van der Waals surface area contributed by atoms with Crippen molar-refractivity contribution in [3.63, 3.8) is 0 Å². The third-order valence-electron chi connectivity index (χ3n) is 2.49. The van der Waals surface area contributed by atoms with Crippen molar-refractivity contribution in [3.05, 3.63) is 18.1 Å². The molecule has 1 aromatic rings. The minimum atomic E-state index is -0.725. The van der Waals surface area contributed by atoms with Gasteiger partial charge in [-0.1, -0.05) is 6.92 Å². The van der Waals surface area contributed by atoms with Crippen molar-refractivity contribution in [2.24, 2.45) is 5.73 Å². The fourth-order valence-corrected chi connectivity index (χ4v) is 1.66. The predicted molar refractivity (Wildman–Crippen MR) is 76.2 cm³/mol. The molecule has 0 atom stereocenters. The largest absolute Gasteiger partial charge is 0.370 e. The zero-order valence-corrected chi connectivity index (χ0v) is 12.1. The molecule has 20 heavy (non-hydrogen) atoms. The van der Waals surface area contributed by atoms with Crippen LogP contribution in [0.2, 0.25) is 0 Å². The molecule has 2 amide bonds. The van der Waals surface area contributed by atoms with Crippen LogP contribution < -0.4 is 16.4 Å². The first kappa shape index (κ1) is 15.9. The van der Waals surface area contributed by atoms with Gasteiger partial charge in [0.2, 0.25) is 5.91 Å². The molecular formula is C13H21N5O2. The van der Waals surface area contributed by atoms with Crippen molar-refractivity contribution >= 4 is 17.6 Å². The molecule has 0 aliphatic carbocycles. The molecule has 110 valence electrons. The van der Waals surface area contributed by atoms with Crippen LogP contribution in [-0.2, 0) is 4.79 Å². The van der Waals surface area contributed by atoms with Gasteiger partial charge in [-0.15, -0.1) is 0 Å². The Morgan fingerprint density at radius 1 is 1.35 bits per heavy atom. The Bertz CT molecular complexity index is 487. The summed E-state index contributed by atoms with van der Waals surface area (Å²) in [7, 11) is 0. The number of hydrogen-bond donors (Lipinski definition) is 3. The monoisotopic (exact) mass is 279 g/mol. The number of amides is 2. The Morgan fingerprint density at radius 2 is 2.05 bits per heavy atom. The molecule has 1 rings (SSSR count). The summed E-state index contributed by atoms with van der Waals surface area (Å²) < 4.78 is 0. The van der Waals surface area contributed by atoms with Crippen molar-refractivity contribution in [1.29, 1.82) is 0 Å². The van der Waals surface area contributed by atoms with Gasteiger partial charge < -0.3 is 16.4 Å². The summed E-state index contributed by atoms with van der Waals surface area (Å²) in [6, 6.07) is 0. The number of nitrogens with one attached hydrogen (secondary N) is 2. The van der Waals surface area contributed by atoms with Crippen LogP contribution in [-0.4, -0.2) is 33.9 Å². The van der Waals surface area contributed by atoms with Gasteiger partial charge in [-0.05, 0) is 20.3 Å². The van der Waals surface area contributed by atoms with Crippen LogP contribution in [0.3, 0.4) is 0 Å². The number of rotatable bonds is 7. The molecule has 0 radical (unpaired) electrons. The molecule has 7 heteroatoms. The lowest BCUT2D eigenvalue weighted by molar-refractivity contribution is -0.119. The number of primary amides is 1. The van der Waals surface area contributed by atoms with Crippen LogP contribution in [0.5, 0.6) is 0 Å². The number of carbonyl (C=O) groups excluding carboxylic acids is 2. The standard InChI is InChI=1S/C13H21N5O2/c1-4-5-16-11-8-15-7-9(17-11)12(20)18-13(2,3)6-10(14)19/h7-8H,4-6H2,1-3H3,(H2,14,19)(H,16,17)(H,18,20). The Kier molecular flexibility index (Phi) is 5.42. The molecule has 4 N–H and O–H groups in total. The van der Waals surface area contributed by atoms with E-state index in [1.807, 2.05) is 6.92 Å². The summed E-state index contributed by atoms with van der Waals surface area (Å²) >= 11 is 0. The highest BCUT2D eigenvalue weighted by Crippen LogP contribution is 2.09. The minimum absolute atomic E-state index is 0.0555. The Hall–Kier alpha value is -2.18. The van der Waals surface area contributed by atoms with E-state index in [0.717, 1.165) is 13.0 Å². The van der Waals surface area contributed by atoms with Gasteiger partial charge in [0.05, 0.1) is 12.4 Å².